The van der Waals surface area contributed by atoms with Gasteiger partial charge in [-0.1, -0.05) is 85.7 Å². The Morgan fingerprint density at radius 3 is 2.12 bits per heavy atom. The van der Waals surface area contributed by atoms with Crippen LogP contribution in [-0.2, 0) is 29.2 Å². The van der Waals surface area contributed by atoms with Crippen LogP contribution in [0.3, 0.4) is 0 Å². The summed E-state index contributed by atoms with van der Waals surface area (Å²) in [6.07, 6.45) is -0.935. The van der Waals surface area contributed by atoms with E-state index in [1.54, 1.807) is 86.6 Å². The largest absolute Gasteiger partial charge is 0.489 e. The van der Waals surface area contributed by atoms with Crippen molar-refractivity contribution in [2.45, 2.75) is 49.3 Å². The van der Waals surface area contributed by atoms with E-state index in [1.807, 2.05) is 24.3 Å². The van der Waals surface area contributed by atoms with Crippen molar-refractivity contribution < 1.29 is 42.2 Å². The highest BCUT2D eigenvalue weighted by Gasteiger charge is 2.51. The molecule has 0 spiro atoms. The molecule has 0 saturated heterocycles. The van der Waals surface area contributed by atoms with Gasteiger partial charge < -0.3 is 24.7 Å². The number of hydrogen-bond acceptors (Lipinski definition) is 9. The van der Waals surface area contributed by atoms with E-state index < -0.39 is 58.4 Å². The standard InChI is InChI=1S/C36H37N3O9S/c1-24(2)34(39-49(44,45)29-18-17-25-11-9-10-12-26(25)19-29)31-21-36(48-38-31,23-47-28-15-7-4-8-16-28)35(43)37-30(20-33(41)42)32(40)22-46-27-13-5-3-6-14-27/h3-19,24,30,34,39H,20-23H2,1-2H3,(H,37,43)(H,41,42)/t30-,34?,36?/m0/s1. The highest BCUT2D eigenvalue weighted by Crippen LogP contribution is 2.30. The molecule has 4 aromatic carbocycles. The first-order valence-electron chi connectivity index (χ1n) is 15.6. The van der Waals surface area contributed by atoms with Crippen molar-refractivity contribution in [1.29, 1.82) is 0 Å². The van der Waals surface area contributed by atoms with Gasteiger partial charge in [0.15, 0.2) is 5.78 Å². The van der Waals surface area contributed by atoms with E-state index in [2.05, 4.69) is 15.2 Å². The molecular formula is C36H37N3O9S. The number of rotatable bonds is 16. The number of aliphatic carboxylic acids is 1. The molecule has 4 aromatic rings. The summed E-state index contributed by atoms with van der Waals surface area (Å²) in [6.45, 7) is 2.72. The third kappa shape index (κ3) is 8.80. The van der Waals surface area contributed by atoms with Crippen LogP contribution in [0.25, 0.3) is 10.8 Å². The number of nitrogens with zero attached hydrogens (tertiary/aromatic N) is 1. The van der Waals surface area contributed by atoms with Crippen LogP contribution in [0.5, 0.6) is 11.5 Å². The number of carboxylic acid groups (broad SMARTS) is 1. The first-order chi connectivity index (χ1) is 23.5. The maximum Gasteiger partial charge on any atom is 0.305 e. The van der Waals surface area contributed by atoms with E-state index in [1.165, 1.54) is 6.07 Å². The number of sulfonamides is 1. The lowest BCUT2D eigenvalue weighted by atomic mass is 9.89. The van der Waals surface area contributed by atoms with Crippen LogP contribution in [0.15, 0.2) is 113 Å². The number of carbonyl (C=O) groups is 3. The molecule has 3 N–H and O–H groups in total. The lowest BCUT2D eigenvalue weighted by Gasteiger charge is -2.28. The summed E-state index contributed by atoms with van der Waals surface area (Å²) in [5, 5.41) is 17.9. The van der Waals surface area contributed by atoms with E-state index in [9.17, 15) is 27.9 Å². The topological polar surface area (TPSA) is 170 Å². The van der Waals surface area contributed by atoms with Gasteiger partial charge in [-0.25, -0.2) is 13.1 Å². The fourth-order valence-corrected chi connectivity index (χ4v) is 6.70. The Morgan fingerprint density at radius 2 is 1.49 bits per heavy atom. The Bertz CT molecular complexity index is 1940. The maximum absolute atomic E-state index is 14.0. The zero-order chi connectivity index (χ0) is 35.0. The van der Waals surface area contributed by atoms with Crippen molar-refractivity contribution in [2.24, 2.45) is 11.1 Å². The van der Waals surface area contributed by atoms with Crippen LogP contribution < -0.4 is 19.5 Å². The molecule has 0 fully saturated rings. The number of nitrogens with one attached hydrogen (secondary N) is 2. The number of hydrogen-bond donors (Lipinski definition) is 3. The summed E-state index contributed by atoms with van der Waals surface area (Å²) in [5.41, 5.74) is -1.65. The van der Waals surface area contributed by atoms with Gasteiger partial charge in [-0.05, 0) is 53.1 Å². The third-order valence-electron chi connectivity index (χ3n) is 7.97. The smallest absolute Gasteiger partial charge is 0.305 e. The van der Waals surface area contributed by atoms with Crippen molar-refractivity contribution >= 4 is 44.2 Å². The average Bonchev–Trinajstić information content (AvgIpc) is 3.54. The lowest BCUT2D eigenvalue weighted by molar-refractivity contribution is -0.151. The molecule has 1 heterocycles. The number of Topliss-reactive ketones (excluding diaryl/α,β-unsaturated/α-hetero) is 1. The Labute approximate surface area is 284 Å². The summed E-state index contributed by atoms with van der Waals surface area (Å²) >= 11 is 0. The number of ether oxygens (including phenoxy) is 2. The van der Waals surface area contributed by atoms with Gasteiger partial charge in [0, 0.05) is 6.42 Å². The molecule has 0 bridgehead atoms. The van der Waals surface area contributed by atoms with E-state index in [-0.39, 0.29) is 29.6 Å². The van der Waals surface area contributed by atoms with E-state index in [4.69, 9.17) is 14.3 Å². The zero-order valence-corrected chi connectivity index (χ0v) is 27.8. The lowest BCUT2D eigenvalue weighted by Crippen LogP contribution is -2.57. The van der Waals surface area contributed by atoms with Gasteiger partial charge in [-0.3, -0.25) is 14.4 Å². The molecule has 3 atom stereocenters. The van der Waals surface area contributed by atoms with Gasteiger partial charge in [-0.2, -0.15) is 0 Å². The molecular weight excluding hydrogens is 650 g/mol. The van der Waals surface area contributed by atoms with Crippen molar-refractivity contribution in [3.8, 4) is 11.5 Å². The summed E-state index contributed by atoms with van der Waals surface area (Å²) in [4.78, 5) is 44.7. The normalized spacial score (nSPS) is 17.1. The van der Waals surface area contributed by atoms with Crippen LogP contribution in [0.1, 0.15) is 26.7 Å². The number of ketones is 1. The van der Waals surface area contributed by atoms with Crippen LogP contribution in [0.2, 0.25) is 0 Å². The monoisotopic (exact) mass is 687 g/mol. The fourth-order valence-electron chi connectivity index (χ4n) is 5.29. The van der Waals surface area contributed by atoms with Crippen LogP contribution in [0.4, 0.5) is 0 Å². The predicted molar refractivity (Wildman–Crippen MR) is 182 cm³/mol. The molecule has 2 unspecified atom stereocenters. The predicted octanol–water partition coefficient (Wildman–Crippen LogP) is 4.34. The van der Waals surface area contributed by atoms with Crippen molar-refractivity contribution in [1.82, 2.24) is 10.0 Å². The molecule has 0 radical (unpaired) electrons. The highest BCUT2D eigenvalue weighted by atomic mass is 32.2. The van der Waals surface area contributed by atoms with E-state index in [0.29, 0.717) is 11.5 Å². The molecule has 0 aromatic heterocycles. The molecule has 1 aliphatic heterocycles. The second-order valence-corrected chi connectivity index (χ2v) is 13.7. The third-order valence-corrected chi connectivity index (χ3v) is 9.41. The van der Waals surface area contributed by atoms with Gasteiger partial charge in [0.2, 0.25) is 10.0 Å². The first-order valence-corrected chi connectivity index (χ1v) is 17.1. The summed E-state index contributed by atoms with van der Waals surface area (Å²) < 4.78 is 41.4. The highest BCUT2D eigenvalue weighted by molar-refractivity contribution is 7.89. The second-order valence-electron chi connectivity index (χ2n) is 12.0. The van der Waals surface area contributed by atoms with Gasteiger partial charge in [0.25, 0.3) is 11.5 Å². The van der Waals surface area contributed by atoms with Crippen molar-refractivity contribution in [3.63, 3.8) is 0 Å². The van der Waals surface area contributed by atoms with Gasteiger partial charge in [0.05, 0.1) is 23.1 Å². The number of oxime groups is 1. The molecule has 1 aliphatic rings. The van der Waals surface area contributed by atoms with Crippen LogP contribution in [-0.4, -0.2) is 67.8 Å². The first kappa shape index (κ1) is 35.0. The van der Waals surface area contributed by atoms with Crippen molar-refractivity contribution in [3.05, 3.63) is 103 Å². The van der Waals surface area contributed by atoms with Crippen LogP contribution in [0, 0.1) is 5.92 Å². The average molecular weight is 688 g/mol. The Morgan fingerprint density at radius 1 is 0.878 bits per heavy atom. The summed E-state index contributed by atoms with van der Waals surface area (Å²) in [5.74, 6) is -2.38. The fraction of sp³-hybridized carbons (Fsp3) is 0.278. The van der Waals surface area contributed by atoms with E-state index >= 15 is 0 Å². The second kappa shape index (κ2) is 15.3. The number of carboxylic acids is 1. The van der Waals surface area contributed by atoms with Crippen LogP contribution >= 0.6 is 0 Å². The molecule has 5 rings (SSSR count). The Hall–Kier alpha value is -5.27. The quantitative estimate of drug-likeness (QED) is 0.155. The summed E-state index contributed by atoms with van der Waals surface area (Å²) in [6, 6.07) is 26.9. The molecule has 13 heteroatoms. The van der Waals surface area contributed by atoms with Gasteiger partial charge in [-0.15, -0.1) is 0 Å². The minimum Gasteiger partial charge on any atom is -0.489 e. The number of carbonyl (C=O) groups excluding carboxylic acids is 2. The Kier molecular flexibility index (Phi) is 10.9. The molecule has 256 valence electrons. The molecule has 0 aliphatic carbocycles. The minimum atomic E-state index is -4.06. The molecule has 49 heavy (non-hydrogen) atoms. The summed E-state index contributed by atoms with van der Waals surface area (Å²) in [7, 11) is -4.06. The molecule has 0 saturated carbocycles. The van der Waals surface area contributed by atoms with E-state index in [0.717, 1.165) is 10.8 Å². The van der Waals surface area contributed by atoms with Gasteiger partial charge >= 0.3 is 5.97 Å². The maximum atomic E-state index is 14.0. The Balaban J connectivity index is 1.37. The minimum absolute atomic E-state index is 0.0560. The molecule has 1 amide bonds. The number of benzene rings is 4. The molecule has 12 nitrogen and oxygen atoms in total. The SMILES string of the molecule is CC(C)C(NS(=O)(=O)c1ccc2ccccc2c1)C1=NOC(COc2ccccc2)(C(=O)N[C@@H](CC(=O)O)C(=O)COc2ccccc2)C1. The van der Waals surface area contributed by atoms with Gasteiger partial charge in [0.1, 0.15) is 30.8 Å². The number of para-hydroxylation sites is 2. The number of fused-ring (bicyclic) bond motifs is 1. The zero-order valence-electron chi connectivity index (χ0n) is 26.9. The van der Waals surface area contributed by atoms with Crippen molar-refractivity contribution in [2.75, 3.05) is 13.2 Å². The number of amides is 1.